The molecule has 2 saturated heterocycles. The highest BCUT2D eigenvalue weighted by Gasteiger charge is 2.46. The maximum absolute atomic E-state index is 14.9. The van der Waals surface area contributed by atoms with Crippen LogP contribution in [0.1, 0.15) is 24.1 Å². The van der Waals surface area contributed by atoms with Crippen molar-refractivity contribution in [1.29, 1.82) is 0 Å². The Balaban J connectivity index is 1.41. The van der Waals surface area contributed by atoms with Crippen molar-refractivity contribution in [1.82, 2.24) is 14.3 Å². The molecule has 0 bridgehead atoms. The van der Waals surface area contributed by atoms with Crippen LogP contribution in [0.15, 0.2) is 55.0 Å². The van der Waals surface area contributed by atoms with Gasteiger partial charge in [0.15, 0.2) is 0 Å². The van der Waals surface area contributed by atoms with E-state index in [4.69, 9.17) is 9.47 Å². The average molecular weight is 438 g/mol. The zero-order chi connectivity index (χ0) is 22.0. The highest BCUT2D eigenvalue weighted by atomic mass is 19.1. The maximum Gasteiger partial charge on any atom is 0.233 e. The molecule has 2 aliphatic rings. The minimum Gasteiger partial charge on any atom is -0.381 e. The van der Waals surface area contributed by atoms with E-state index >= 15 is 0 Å². The monoisotopic (exact) mass is 437 g/mol. The van der Waals surface area contributed by atoms with E-state index in [0.717, 1.165) is 11.2 Å². The fourth-order valence-electron chi connectivity index (χ4n) is 5.12. The largest absolute Gasteiger partial charge is 0.381 e. The van der Waals surface area contributed by atoms with Crippen LogP contribution in [-0.4, -0.2) is 59.7 Å². The van der Waals surface area contributed by atoms with Gasteiger partial charge in [-0.2, -0.15) is 0 Å². The number of aromatic nitrogens is 2. The first-order valence-electron chi connectivity index (χ1n) is 11.3. The van der Waals surface area contributed by atoms with Crippen LogP contribution in [0.5, 0.6) is 0 Å². The summed E-state index contributed by atoms with van der Waals surface area (Å²) in [4.78, 5) is 20.5. The Morgan fingerprint density at radius 2 is 1.94 bits per heavy atom. The molecular weight excluding hydrogens is 409 g/mol. The molecule has 1 atom stereocenters. The number of amides is 1. The van der Waals surface area contributed by atoms with E-state index in [9.17, 15) is 9.18 Å². The summed E-state index contributed by atoms with van der Waals surface area (Å²) < 4.78 is 28.3. The fourth-order valence-corrected chi connectivity index (χ4v) is 5.12. The normalized spacial score (nSPS) is 21.4. The molecule has 0 radical (unpaired) electrons. The summed E-state index contributed by atoms with van der Waals surface area (Å²) in [6.07, 6.45) is 7.43. The van der Waals surface area contributed by atoms with Gasteiger partial charge in [-0.3, -0.25) is 9.78 Å². The van der Waals surface area contributed by atoms with Crippen LogP contribution in [0.25, 0.3) is 5.52 Å². The zero-order valence-corrected chi connectivity index (χ0v) is 18.1. The summed E-state index contributed by atoms with van der Waals surface area (Å²) in [5.74, 6) is -0.225. The van der Waals surface area contributed by atoms with Gasteiger partial charge in [0.25, 0.3) is 0 Å². The van der Waals surface area contributed by atoms with Gasteiger partial charge in [0, 0.05) is 56.4 Å². The number of hydrogen-bond acceptors (Lipinski definition) is 4. The Hall–Kier alpha value is -2.77. The molecule has 0 N–H and O–H groups in total. The molecular formula is C25H28FN3O3. The van der Waals surface area contributed by atoms with Crippen LogP contribution in [0.4, 0.5) is 4.39 Å². The van der Waals surface area contributed by atoms with Gasteiger partial charge in [0.2, 0.25) is 5.91 Å². The second-order valence-corrected chi connectivity index (χ2v) is 8.75. The zero-order valence-electron chi connectivity index (χ0n) is 18.1. The number of benzene rings is 1. The molecule has 32 heavy (non-hydrogen) atoms. The predicted octanol–water partition coefficient (Wildman–Crippen LogP) is 3.24. The van der Waals surface area contributed by atoms with E-state index in [1.807, 2.05) is 23.4 Å². The van der Waals surface area contributed by atoms with Gasteiger partial charge in [-0.05, 0) is 37.5 Å². The number of nitrogens with zero attached hydrogens (tertiary/aromatic N) is 3. The third-order valence-corrected chi connectivity index (χ3v) is 6.78. The van der Waals surface area contributed by atoms with Gasteiger partial charge in [0.05, 0.1) is 29.8 Å². The molecule has 2 aromatic heterocycles. The molecule has 2 aliphatic heterocycles. The van der Waals surface area contributed by atoms with Crippen molar-refractivity contribution < 1.29 is 18.7 Å². The molecule has 0 spiro atoms. The Morgan fingerprint density at radius 1 is 1.09 bits per heavy atom. The quantitative estimate of drug-likeness (QED) is 0.629. The summed E-state index contributed by atoms with van der Waals surface area (Å²) in [6.45, 7) is 3.04. The second-order valence-electron chi connectivity index (χ2n) is 8.75. The Bertz CT molecular complexity index is 1090. The number of hydrogen-bond donors (Lipinski definition) is 0. The van der Waals surface area contributed by atoms with Crippen molar-refractivity contribution in [3.63, 3.8) is 0 Å². The predicted molar refractivity (Wildman–Crippen MR) is 118 cm³/mol. The van der Waals surface area contributed by atoms with Crippen molar-refractivity contribution in [3.05, 3.63) is 72.1 Å². The highest BCUT2D eigenvalue weighted by Crippen LogP contribution is 2.38. The first-order chi connectivity index (χ1) is 15.7. The first kappa shape index (κ1) is 21.1. The van der Waals surface area contributed by atoms with Crippen molar-refractivity contribution in [3.8, 4) is 0 Å². The smallest absolute Gasteiger partial charge is 0.233 e. The molecule has 5 rings (SSSR count). The number of ether oxygens (including phenoxy) is 2. The molecule has 0 unspecified atom stereocenters. The van der Waals surface area contributed by atoms with Crippen LogP contribution >= 0.6 is 0 Å². The van der Waals surface area contributed by atoms with Gasteiger partial charge >= 0.3 is 0 Å². The average Bonchev–Trinajstić information content (AvgIpc) is 3.19. The van der Waals surface area contributed by atoms with Gasteiger partial charge in [-0.25, -0.2) is 4.39 Å². The Morgan fingerprint density at radius 3 is 2.78 bits per heavy atom. The summed E-state index contributed by atoms with van der Waals surface area (Å²) in [5.41, 5.74) is 1.66. The fraction of sp³-hybridized carbons (Fsp3) is 0.440. The Labute approximate surface area is 187 Å². The molecule has 1 amide bonds. The summed E-state index contributed by atoms with van der Waals surface area (Å²) in [5, 5.41) is 0. The first-order valence-corrected chi connectivity index (χ1v) is 11.3. The van der Waals surface area contributed by atoms with Crippen LogP contribution in [0.2, 0.25) is 0 Å². The van der Waals surface area contributed by atoms with Crippen molar-refractivity contribution >= 4 is 11.4 Å². The number of carbonyl (C=O) groups is 1. The molecule has 4 heterocycles. The van der Waals surface area contributed by atoms with Crippen LogP contribution in [0, 0.1) is 11.7 Å². The molecule has 7 heteroatoms. The van der Waals surface area contributed by atoms with Crippen LogP contribution in [-0.2, 0) is 26.1 Å². The lowest BCUT2D eigenvalue weighted by atomic mass is 9.72. The van der Waals surface area contributed by atoms with Gasteiger partial charge in [-0.1, -0.05) is 18.2 Å². The molecule has 1 aromatic carbocycles. The van der Waals surface area contributed by atoms with Gasteiger partial charge in [-0.15, -0.1) is 0 Å². The number of fused-ring (bicyclic) bond motifs is 1. The van der Waals surface area contributed by atoms with Crippen molar-refractivity contribution in [2.75, 3.05) is 39.5 Å². The number of carbonyl (C=O) groups excluding carboxylic acids is 1. The van der Waals surface area contributed by atoms with E-state index in [-0.39, 0.29) is 17.6 Å². The molecule has 0 aliphatic carbocycles. The lowest BCUT2D eigenvalue weighted by Gasteiger charge is -2.40. The molecule has 2 fully saturated rings. The minimum atomic E-state index is -0.891. The molecule has 0 saturated carbocycles. The standard InChI is InChI=1S/C25H28FN3O3/c26-21-5-2-1-4-20(21)25(7-13-31-14-8-25)24(30)29-12-15-32-18-19(17-29)16-22-23-6-3-10-28(23)11-9-27-22/h1-6,9-11,19H,7-8,12-18H2/t19-/m1/s1. The number of halogens is 1. The topological polar surface area (TPSA) is 56.1 Å². The third kappa shape index (κ3) is 3.91. The highest BCUT2D eigenvalue weighted by molar-refractivity contribution is 5.88. The molecule has 168 valence electrons. The lowest BCUT2D eigenvalue weighted by molar-refractivity contribution is -0.142. The minimum absolute atomic E-state index is 0.0183. The van der Waals surface area contributed by atoms with Gasteiger partial charge < -0.3 is 18.8 Å². The summed E-state index contributed by atoms with van der Waals surface area (Å²) >= 11 is 0. The molecule has 6 nitrogen and oxygen atoms in total. The third-order valence-electron chi connectivity index (χ3n) is 6.78. The Kier molecular flexibility index (Phi) is 5.93. The summed E-state index contributed by atoms with van der Waals surface area (Å²) in [6, 6.07) is 10.7. The van der Waals surface area contributed by atoms with E-state index in [1.54, 1.807) is 24.4 Å². The SMILES string of the molecule is O=C(N1CCOC[C@H](Cc2nccn3cccc23)C1)C1(c2ccccc2F)CCOCC1. The van der Waals surface area contributed by atoms with E-state index in [2.05, 4.69) is 15.5 Å². The maximum atomic E-state index is 14.9. The van der Waals surface area contributed by atoms with Crippen LogP contribution in [0.3, 0.4) is 0 Å². The van der Waals surface area contributed by atoms with Crippen LogP contribution < -0.4 is 0 Å². The van der Waals surface area contributed by atoms with E-state index in [0.29, 0.717) is 64.3 Å². The number of rotatable bonds is 4. The van der Waals surface area contributed by atoms with E-state index < -0.39 is 5.41 Å². The lowest BCUT2D eigenvalue weighted by Crippen LogP contribution is -2.51. The summed E-state index contributed by atoms with van der Waals surface area (Å²) in [7, 11) is 0. The van der Waals surface area contributed by atoms with Gasteiger partial charge in [0.1, 0.15) is 5.82 Å². The molecule has 3 aromatic rings. The van der Waals surface area contributed by atoms with Crippen molar-refractivity contribution in [2.24, 2.45) is 5.92 Å². The second kappa shape index (κ2) is 9.00. The van der Waals surface area contributed by atoms with Crippen molar-refractivity contribution in [2.45, 2.75) is 24.7 Å². The van der Waals surface area contributed by atoms with E-state index in [1.165, 1.54) is 6.07 Å².